The highest BCUT2D eigenvalue weighted by Gasteiger charge is 2.17. The van der Waals surface area contributed by atoms with Gasteiger partial charge in [-0.1, -0.05) is 0 Å². The molecule has 1 heterocycles. The number of nitrogens with zero attached hydrogens (tertiary/aromatic N) is 1. The average molecular weight is 340 g/mol. The molecule has 6 N–H and O–H groups in total. The lowest BCUT2D eigenvalue weighted by Crippen LogP contribution is -2.38. The summed E-state index contributed by atoms with van der Waals surface area (Å²) in [6.07, 6.45) is 0.787. The van der Waals surface area contributed by atoms with Gasteiger partial charge in [-0.05, 0) is 37.6 Å². The Morgan fingerprint density at radius 2 is 2.09 bits per heavy atom. The van der Waals surface area contributed by atoms with Crippen LogP contribution in [0.15, 0.2) is 18.2 Å². The number of nitrogens with two attached hydrogens (primary N) is 2. The molecule has 8 heteroatoms. The summed E-state index contributed by atoms with van der Waals surface area (Å²) in [5.74, 6) is 0.0825. The molecule has 0 spiro atoms. The number of rotatable bonds is 5. The van der Waals surface area contributed by atoms with Gasteiger partial charge in [0.25, 0.3) is 5.91 Å². The number of nitrogens with one attached hydrogen (secondary N) is 2. The van der Waals surface area contributed by atoms with E-state index in [-0.39, 0.29) is 24.3 Å². The van der Waals surface area contributed by atoms with Gasteiger partial charge in [-0.15, -0.1) is 12.4 Å². The first-order chi connectivity index (χ1) is 10.4. The molecule has 7 nitrogen and oxygen atoms in total. The smallest absolute Gasteiger partial charge is 0.276 e. The Morgan fingerprint density at radius 1 is 1.39 bits per heavy atom. The van der Waals surface area contributed by atoms with Crippen LogP contribution in [-0.4, -0.2) is 41.9 Å². The molecule has 23 heavy (non-hydrogen) atoms. The Hall–Kier alpha value is -2.25. The van der Waals surface area contributed by atoms with Crippen LogP contribution in [0.1, 0.15) is 22.5 Å². The second-order valence-corrected chi connectivity index (χ2v) is 5.12. The largest absolute Gasteiger partial charge is 0.493 e. The van der Waals surface area contributed by atoms with Crippen molar-refractivity contribution in [2.75, 3.05) is 20.2 Å². The maximum Gasteiger partial charge on any atom is 0.276 e. The standard InChI is InChI=1S/C15H21N5O2.ClH/c1-9-6-10(22-5-3-4-16)7-12-11(9)8-13(19-12)14(21)20(2)15(17)18;/h6-8,19H,3-5,16H2,1-2H3,(H3,17,18);1H. The van der Waals surface area contributed by atoms with Crippen LogP contribution >= 0.6 is 12.4 Å². The molecule has 1 aromatic heterocycles. The molecular formula is C15H22ClN5O2. The quantitative estimate of drug-likeness (QED) is 0.375. The van der Waals surface area contributed by atoms with E-state index in [4.69, 9.17) is 21.6 Å². The number of ether oxygens (including phenoxy) is 1. The van der Waals surface area contributed by atoms with E-state index in [0.29, 0.717) is 18.8 Å². The predicted molar refractivity (Wildman–Crippen MR) is 93.5 cm³/mol. The summed E-state index contributed by atoms with van der Waals surface area (Å²) in [6.45, 7) is 3.09. The third-order valence-corrected chi connectivity index (χ3v) is 3.43. The number of halogens is 1. The SMILES string of the molecule is Cc1cc(OCCCN)cc2[nH]c(C(=O)N(C)C(=N)N)cc12.Cl. The summed E-state index contributed by atoms with van der Waals surface area (Å²) in [5.41, 5.74) is 13.0. The van der Waals surface area contributed by atoms with Gasteiger partial charge in [0.05, 0.1) is 6.61 Å². The van der Waals surface area contributed by atoms with E-state index < -0.39 is 0 Å². The fourth-order valence-corrected chi connectivity index (χ4v) is 2.15. The number of guanidine groups is 1. The molecule has 0 fully saturated rings. The van der Waals surface area contributed by atoms with Crippen LogP contribution in [0.5, 0.6) is 5.75 Å². The minimum absolute atomic E-state index is 0. The number of aromatic amines is 1. The third-order valence-electron chi connectivity index (χ3n) is 3.43. The van der Waals surface area contributed by atoms with Crippen molar-refractivity contribution in [3.05, 3.63) is 29.5 Å². The zero-order chi connectivity index (χ0) is 16.3. The second kappa shape index (κ2) is 7.85. The van der Waals surface area contributed by atoms with Crippen molar-refractivity contribution >= 4 is 35.2 Å². The molecule has 1 amide bonds. The highest BCUT2D eigenvalue weighted by Crippen LogP contribution is 2.26. The Labute approximate surface area is 140 Å². The first-order valence-corrected chi connectivity index (χ1v) is 7.02. The molecule has 0 unspecified atom stereocenters. The van der Waals surface area contributed by atoms with Crippen LogP contribution in [0.2, 0.25) is 0 Å². The Balaban J connectivity index is 0.00000264. The van der Waals surface area contributed by atoms with Gasteiger partial charge in [-0.2, -0.15) is 0 Å². The minimum Gasteiger partial charge on any atom is -0.493 e. The number of hydrogen-bond acceptors (Lipinski definition) is 4. The normalized spacial score (nSPS) is 10.2. The topological polar surface area (TPSA) is 121 Å². The molecule has 2 rings (SSSR count). The van der Waals surface area contributed by atoms with E-state index in [1.165, 1.54) is 7.05 Å². The van der Waals surface area contributed by atoms with Gasteiger partial charge in [0.1, 0.15) is 11.4 Å². The highest BCUT2D eigenvalue weighted by atomic mass is 35.5. The fraction of sp³-hybridized carbons (Fsp3) is 0.333. The highest BCUT2D eigenvalue weighted by molar-refractivity contribution is 6.06. The first-order valence-electron chi connectivity index (χ1n) is 7.02. The van der Waals surface area contributed by atoms with Gasteiger partial charge >= 0.3 is 0 Å². The van der Waals surface area contributed by atoms with Crippen molar-refractivity contribution < 1.29 is 9.53 Å². The minimum atomic E-state index is -0.353. The monoisotopic (exact) mass is 339 g/mol. The number of carbonyl (C=O) groups is 1. The van der Waals surface area contributed by atoms with Crippen LogP contribution in [0, 0.1) is 12.3 Å². The third kappa shape index (κ3) is 4.14. The Kier molecular flexibility index (Phi) is 6.41. The summed E-state index contributed by atoms with van der Waals surface area (Å²) < 4.78 is 5.64. The maximum atomic E-state index is 12.2. The lowest BCUT2D eigenvalue weighted by Gasteiger charge is -2.12. The number of amides is 1. The van der Waals surface area contributed by atoms with Crippen LogP contribution in [0.3, 0.4) is 0 Å². The van der Waals surface area contributed by atoms with Crippen LogP contribution in [0.25, 0.3) is 10.9 Å². The molecule has 0 bridgehead atoms. The number of aromatic nitrogens is 1. The van der Waals surface area contributed by atoms with Gasteiger partial charge in [-0.3, -0.25) is 15.1 Å². The molecule has 126 valence electrons. The molecule has 0 aliphatic carbocycles. The van der Waals surface area contributed by atoms with Crippen LogP contribution in [0.4, 0.5) is 0 Å². The number of H-pyrrole nitrogens is 1. The van der Waals surface area contributed by atoms with E-state index in [1.807, 2.05) is 19.1 Å². The van der Waals surface area contributed by atoms with Crippen molar-refractivity contribution in [1.29, 1.82) is 5.41 Å². The van der Waals surface area contributed by atoms with E-state index in [2.05, 4.69) is 4.98 Å². The van der Waals surface area contributed by atoms with Crippen LogP contribution < -0.4 is 16.2 Å². The molecule has 0 aliphatic rings. The summed E-state index contributed by atoms with van der Waals surface area (Å²) in [5, 5.41) is 8.26. The summed E-state index contributed by atoms with van der Waals surface area (Å²) in [6, 6.07) is 5.54. The summed E-state index contributed by atoms with van der Waals surface area (Å²) in [7, 11) is 1.46. The molecule has 0 atom stereocenters. The van der Waals surface area contributed by atoms with Gasteiger partial charge in [0.15, 0.2) is 5.96 Å². The summed E-state index contributed by atoms with van der Waals surface area (Å²) >= 11 is 0. The number of carbonyl (C=O) groups excluding carboxylic acids is 1. The van der Waals surface area contributed by atoms with Crippen molar-refractivity contribution in [3.8, 4) is 5.75 Å². The molecule has 0 radical (unpaired) electrons. The molecule has 0 saturated carbocycles. The Bertz CT molecular complexity index is 713. The number of aryl methyl sites for hydroxylation is 1. The molecular weight excluding hydrogens is 318 g/mol. The van der Waals surface area contributed by atoms with E-state index in [0.717, 1.165) is 33.5 Å². The van der Waals surface area contributed by atoms with Gasteiger partial charge in [-0.25, -0.2) is 0 Å². The van der Waals surface area contributed by atoms with Crippen molar-refractivity contribution in [2.24, 2.45) is 11.5 Å². The number of hydrogen-bond donors (Lipinski definition) is 4. The van der Waals surface area contributed by atoms with Gasteiger partial charge < -0.3 is 21.2 Å². The Morgan fingerprint density at radius 3 is 2.70 bits per heavy atom. The molecule has 2 aromatic rings. The maximum absolute atomic E-state index is 12.2. The second-order valence-electron chi connectivity index (χ2n) is 5.12. The summed E-state index contributed by atoms with van der Waals surface area (Å²) in [4.78, 5) is 16.3. The van der Waals surface area contributed by atoms with Crippen LogP contribution in [-0.2, 0) is 0 Å². The number of benzene rings is 1. The zero-order valence-electron chi connectivity index (χ0n) is 13.2. The van der Waals surface area contributed by atoms with Crippen molar-refractivity contribution in [2.45, 2.75) is 13.3 Å². The predicted octanol–water partition coefficient (Wildman–Crippen LogP) is 1.59. The first kappa shape index (κ1) is 18.8. The fourth-order valence-electron chi connectivity index (χ4n) is 2.15. The van der Waals surface area contributed by atoms with E-state index in [9.17, 15) is 4.79 Å². The lowest BCUT2D eigenvalue weighted by molar-refractivity contribution is 0.0864. The average Bonchev–Trinajstić information content (AvgIpc) is 2.90. The van der Waals surface area contributed by atoms with E-state index >= 15 is 0 Å². The molecule has 0 aliphatic heterocycles. The van der Waals surface area contributed by atoms with Gasteiger partial charge in [0, 0.05) is 24.0 Å². The van der Waals surface area contributed by atoms with Gasteiger partial charge in [0.2, 0.25) is 0 Å². The molecule has 1 aromatic carbocycles. The van der Waals surface area contributed by atoms with E-state index in [1.54, 1.807) is 6.07 Å². The zero-order valence-corrected chi connectivity index (χ0v) is 14.0. The lowest BCUT2D eigenvalue weighted by atomic mass is 10.1. The number of fused-ring (bicyclic) bond motifs is 1. The van der Waals surface area contributed by atoms with Crippen molar-refractivity contribution in [3.63, 3.8) is 0 Å². The van der Waals surface area contributed by atoms with Crippen molar-refractivity contribution in [1.82, 2.24) is 9.88 Å². The molecule has 0 saturated heterocycles.